The Bertz CT molecular complexity index is 969. The van der Waals surface area contributed by atoms with E-state index in [1.807, 2.05) is 30.3 Å². The molecule has 7 nitrogen and oxygen atoms in total. The normalized spacial score (nSPS) is 11.6. The molecule has 0 unspecified atom stereocenters. The number of carbonyl (C=O) groups excluding carboxylic acids is 3. The number of anilines is 2. The van der Waals surface area contributed by atoms with E-state index in [9.17, 15) is 14.4 Å². The maximum absolute atomic E-state index is 13.2. The molecular weight excluding hydrogens is 448 g/mol. The van der Waals surface area contributed by atoms with Crippen LogP contribution in [0.25, 0.3) is 0 Å². The lowest BCUT2D eigenvalue weighted by Gasteiger charge is -2.36. The molecule has 0 aliphatic rings. The average Bonchev–Trinajstić information content (AvgIpc) is 2.77. The van der Waals surface area contributed by atoms with E-state index >= 15 is 0 Å². The first-order valence-corrected chi connectivity index (χ1v) is 14.3. The van der Waals surface area contributed by atoms with E-state index in [4.69, 9.17) is 4.43 Å². The van der Waals surface area contributed by atoms with Gasteiger partial charge >= 0.3 is 5.97 Å². The molecule has 2 aromatic rings. The average molecular weight is 485 g/mol. The molecule has 1 N–H and O–H groups in total. The molecule has 0 spiro atoms. The second-order valence-electron chi connectivity index (χ2n) is 9.66. The number of carbonyl (C=O) groups is 3. The Morgan fingerprint density at radius 1 is 0.971 bits per heavy atom. The Morgan fingerprint density at radius 3 is 2.15 bits per heavy atom. The second-order valence-corrected chi connectivity index (χ2v) is 14.5. The van der Waals surface area contributed by atoms with Crippen molar-refractivity contribution in [1.82, 2.24) is 0 Å². The molecule has 34 heavy (non-hydrogen) atoms. The van der Waals surface area contributed by atoms with Crippen molar-refractivity contribution in [1.29, 1.82) is 0 Å². The fourth-order valence-corrected chi connectivity index (χ4v) is 4.03. The first kappa shape index (κ1) is 27.3. The third-order valence-electron chi connectivity index (χ3n) is 6.08. The molecule has 0 heterocycles. The van der Waals surface area contributed by atoms with Crippen molar-refractivity contribution < 1.29 is 23.5 Å². The Morgan fingerprint density at radius 2 is 1.59 bits per heavy atom. The van der Waals surface area contributed by atoms with Crippen LogP contribution < -0.4 is 10.2 Å². The van der Waals surface area contributed by atoms with Gasteiger partial charge in [0, 0.05) is 17.9 Å². The lowest BCUT2D eigenvalue weighted by Crippen LogP contribution is -2.44. The summed E-state index contributed by atoms with van der Waals surface area (Å²) in [6.07, 6.45) is -0.134. The molecule has 0 bridgehead atoms. The summed E-state index contributed by atoms with van der Waals surface area (Å²) in [5, 5.41) is 2.74. The number of benzene rings is 2. The highest BCUT2D eigenvalue weighted by Crippen LogP contribution is 2.36. The van der Waals surface area contributed by atoms with Gasteiger partial charge in [0.05, 0.1) is 20.1 Å². The fourth-order valence-electron chi connectivity index (χ4n) is 3.00. The quantitative estimate of drug-likeness (QED) is 0.298. The van der Waals surface area contributed by atoms with Gasteiger partial charge in [-0.3, -0.25) is 14.4 Å². The van der Waals surface area contributed by atoms with Gasteiger partial charge in [-0.1, -0.05) is 51.1 Å². The summed E-state index contributed by atoms with van der Waals surface area (Å²) in [4.78, 5) is 38.1. The van der Waals surface area contributed by atoms with Crippen LogP contribution >= 0.6 is 0 Å². The number of amides is 2. The van der Waals surface area contributed by atoms with Gasteiger partial charge in [0.25, 0.3) is 0 Å². The number of hydrogen-bond donors (Lipinski definition) is 1. The molecule has 2 aromatic carbocycles. The van der Waals surface area contributed by atoms with Crippen molar-refractivity contribution in [3.05, 3.63) is 60.2 Å². The highest BCUT2D eigenvalue weighted by Gasteiger charge is 2.37. The lowest BCUT2D eigenvalue weighted by molar-refractivity contribution is -0.142. The van der Waals surface area contributed by atoms with Crippen LogP contribution in [0.3, 0.4) is 0 Å². The first-order valence-electron chi connectivity index (χ1n) is 11.4. The van der Waals surface area contributed by atoms with Gasteiger partial charge < -0.3 is 19.4 Å². The van der Waals surface area contributed by atoms with Crippen LogP contribution in [0.15, 0.2) is 54.6 Å². The van der Waals surface area contributed by atoms with Crippen molar-refractivity contribution in [2.45, 2.75) is 51.7 Å². The predicted molar refractivity (Wildman–Crippen MR) is 137 cm³/mol. The summed E-state index contributed by atoms with van der Waals surface area (Å²) in [5.41, 5.74) is 2.20. The number of ether oxygens (including phenoxy) is 1. The van der Waals surface area contributed by atoms with E-state index < -0.39 is 20.2 Å². The van der Waals surface area contributed by atoms with Crippen LogP contribution in [0.2, 0.25) is 18.1 Å². The number of esters is 1. The van der Waals surface area contributed by atoms with Gasteiger partial charge in [0.15, 0.2) is 8.32 Å². The molecule has 184 valence electrons. The first-order chi connectivity index (χ1) is 15.9. The minimum atomic E-state index is -1.92. The minimum absolute atomic E-state index is 0.0347. The van der Waals surface area contributed by atoms with E-state index in [0.29, 0.717) is 18.8 Å². The summed E-state index contributed by atoms with van der Waals surface area (Å²) in [6, 6.07) is 16.6. The standard InChI is InChI=1S/C26H36N2O5Si/c1-26(2,3)34(5,6)33-17-16-28(22-10-8-7-9-11-22)24(30)18-20-12-14-21(15-13-20)27-23(29)19-25(31)32-4/h7-15H,16-19H2,1-6H3,(H,27,29). The van der Waals surface area contributed by atoms with Gasteiger partial charge in [-0.05, 0) is 48.0 Å². The van der Waals surface area contributed by atoms with Gasteiger partial charge in [0.1, 0.15) is 6.42 Å². The Balaban J connectivity index is 2.05. The largest absolute Gasteiger partial charge is 0.469 e. The number of nitrogens with one attached hydrogen (secondary N) is 1. The molecule has 0 aromatic heterocycles. The summed E-state index contributed by atoms with van der Waals surface area (Å²) in [5.74, 6) is -1.08. The molecule has 2 rings (SSSR count). The van der Waals surface area contributed by atoms with E-state index in [0.717, 1.165) is 11.3 Å². The minimum Gasteiger partial charge on any atom is -0.469 e. The van der Waals surface area contributed by atoms with Crippen LogP contribution in [-0.4, -0.2) is 46.4 Å². The zero-order valence-electron chi connectivity index (χ0n) is 21.0. The van der Waals surface area contributed by atoms with Crippen molar-refractivity contribution >= 4 is 37.5 Å². The Labute approximate surface area is 203 Å². The van der Waals surface area contributed by atoms with Crippen LogP contribution in [0, 0.1) is 0 Å². The zero-order chi connectivity index (χ0) is 25.4. The van der Waals surface area contributed by atoms with Crippen molar-refractivity contribution in [2.24, 2.45) is 0 Å². The van der Waals surface area contributed by atoms with Crippen molar-refractivity contribution in [3.8, 4) is 0 Å². The molecule has 0 fully saturated rings. The molecule has 0 aliphatic heterocycles. The smallest absolute Gasteiger partial charge is 0.315 e. The maximum atomic E-state index is 13.2. The summed E-state index contributed by atoms with van der Waals surface area (Å²) >= 11 is 0. The number of hydrogen-bond acceptors (Lipinski definition) is 5. The van der Waals surface area contributed by atoms with Gasteiger partial charge in [-0.2, -0.15) is 0 Å². The summed E-state index contributed by atoms with van der Waals surface area (Å²) in [7, 11) is -0.680. The van der Waals surface area contributed by atoms with Crippen molar-refractivity contribution in [2.75, 3.05) is 30.5 Å². The lowest BCUT2D eigenvalue weighted by atomic mass is 10.1. The fraction of sp³-hybridized carbons (Fsp3) is 0.423. The monoisotopic (exact) mass is 484 g/mol. The third-order valence-corrected chi connectivity index (χ3v) is 10.6. The number of nitrogens with zero attached hydrogens (tertiary/aromatic N) is 1. The number of rotatable bonds is 10. The highest BCUT2D eigenvalue weighted by molar-refractivity contribution is 6.74. The van der Waals surface area contributed by atoms with Crippen LogP contribution in [0.5, 0.6) is 0 Å². The van der Waals surface area contributed by atoms with Crippen LogP contribution in [0.1, 0.15) is 32.8 Å². The zero-order valence-corrected chi connectivity index (χ0v) is 22.0. The van der Waals surface area contributed by atoms with Gasteiger partial charge in [-0.25, -0.2) is 0 Å². The third kappa shape index (κ3) is 8.11. The van der Waals surface area contributed by atoms with Crippen molar-refractivity contribution in [3.63, 3.8) is 0 Å². The summed E-state index contributed by atoms with van der Waals surface area (Å²) in [6.45, 7) is 11.9. The van der Waals surface area contributed by atoms with E-state index in [2.05, 4.69) is 43.9 Å². The van der Waals surface area contributed by atoms with Crippen LogP contribution in [-0.2, 0) is 30.0 Å². The molecular formula is C26H36N2O5Si. The molecule has 0 atom stereocenters. The van der Waals surface area contributed by atoms with Gasteiger partial charge in [0.2, 0.25) is 11.8 Å². The highest BCUT2D eigenvalue weighted by atomic mass is 28.4. The SMILES string of the molecule is COC(=O)CC(=O)Nc1ccc(CC(=O)N(CCO[Si](C)(C)C(C)(C)C)c2ccccc2)cc1. The topological polar surface area (TPSA) is 84.9 Å². The summed E-state index contributed by atoms with van der Waals surface area (Å²) < 4.78 is 10.8. The van der Waals surface area contributed by atoms with Crippen LogP contribution in [0.4, 0.5) is 11.4 Å². The maximum Gasteiger partial charge on any atom is 0.315 e. The van der Waals surface area contributed by atoms with Gasteiger partial charge in [-0.15, -0.1) is 0 Å². The van der Waals surface area contributed by atoms with E-state index in [1.165, 1.54) is 7.11 Å². The molecule has 0 saturated carbocycles. The predicted octanol–water partition coefficient (Wildman–Crippen LogP) is 4.79. The second kappa shape index (κ2) is 11.9. The van der Waals surface area contributed by atoms with E-state index in [-0.39, 0.29) is 23.8 Å². The molecule has 0 radical (unpaired) electrons. The Hall–Kier alpha value is -2.97. The molecule has 0 aliphatic carbocycles. The van der Waals surface area contributed by atoms with E-state index in [1.54, 1.807) is 29.2 Å². The molecule has 2 amide bonds. The molecule has 8 heteroatoms. The Kier molecular flexibility index (Phi) is 9.58. The number of methoxy groups -OCH3 is 1. The number of para-hydroxylation sites is 1. The molecule has 0 saturated heterocycles.